The van der Waals surface area contributed by atoms with E-state index in [4.69, 9.17) is 5.26 Å². The van der Waals surface area contributed by atoms with Crippen LogP contribution < -0.4 is 5.32 Å². The quantitative estimate of drug-likeness (QED) is 0.707. The summed E-state index contributed by atoms with van der Waals surface area (Å²) in [7, 11) is 0. The summed E-state index contributed by atoms with van der Waals surface area (Å²) in [6.45, 7) is 12.3. The molecule has 4 nitrogen and oxygen atoms in total. The van der Waals surface area contributed by atoms with E-state index in [1.165, 1.54) is 26.1 Å². The van der Waals surface area contributed by atoms with Gasteiger partial charge in [-0.2, -0.15) is 5.26 Å². The van der Waals surface area contributed by atoms with Gasteiger partial charge in [0.05, 0.1) is 12.1 Å². The Morgan fingerprint density at radius 1 is 1.06 bits per heavy atom. The van der Waals surface area contributed by atoms with Gasteiger partial charge in [-0.3, -0.25) is 0 Å². The van der Waals surface area contributed by atoms with Gasteiger partial charge in [0.2, 0.25) is 0 Å². The van der Waals surface area contributed by atoms with Gasteiger partial charge >= 0.3 is 0 Å². The van der Waals surface area contributed by atoms with Crippen molar-refractivity contribution in [1.29, 1.82) is 5.26 Å². The maximum Gasteiger partial charge on any atom is 0.0965 e. The number of nitriles is 1. The maximum absolute atomic E-state index is 9.05. The van der Waals surface area contributed by atoms with Crippen molar-refractivity contribution >= 4 is 0 Å². The SMILES string of the molecule is CCCNC(C#N)CCN1CCN(CCC)CC1. The van der Waals surface area contributed by atoms with Crippen molar-refractivity contribution < 1.29 is 0 Å². The third kappa shape index (κ3) is 5.81. The van der Waals surface area contributed by atoms with E-state index in [2.05, 4.69) is 35.0 Å². The van der Waals surface area contributed by atoms with Gasteiger partial charge in [0.1, 0.15) is 0 Å². The monoisotopic (exact) mass is 252 g/mol. The molecular formula is C14H28N4. The second-order valence-electron chi connectivity index (χ2n) is 5.11. The van der Waals surface area contributed by atoms with Gasteiger partial charge in [0.25, 0.3) is 0 Å². The van der Waals surface area contributed by atoms with Crippen LogP contribution in [0.5, 0.6) is 0 Å². The van der Waals surface area contributed by atoms with Gasteiger partial charge in [-0.25, -0.2) is 0 Å². The zero-order chi connectivity index (χ0) is 13.2. The zero-order valence-electron chi connectivity index (χ0n) is 12.0. The van der Waals surface area contributed by atoms with E-state index in [0.717, 1.165) is 39.0 Å². The Morgan fingerprint density at radius 2 is 1.67 bits per heavy atom. The number of nitrogens with one attached hydrogen (secondary N) is 1. The number of hydrogen-bond acceptors (Lipinski definition) is 4. The van der Waals surface area contributed by atoms with E-state index in [0.29, 0.717) is 0 Å². The van der Waals surface area contributed by atoms with Crippen LogP contribution >= 0.6 is 0 Å². The van der Waals surface area contributed by atoms with Crippen molar-refractivity contribution in [2.24, 2.45) is 0 Å². The van der Waals surface area contributed by atoms with Crippen molar-refractivity contribution in [3.63, 3.8) is 0 Å². The van der Waals surface area contributed by atoms with Gasteiger partial charge in [0, 0.05) is 32.7 Å². The smallest absolute Gasteiger partial charge is 0.0965 e. The summed E-state index contributed by atoms with van der Waals surface area (Å²) in [5.74, 6) is 0. The molecule has 1 N–H and O–H groups in total. The Morgan fingerprint density at radius 3 is 2.17 bits per heavy atom. The van der Waals surface area contributed by atoms with Gasteiger partial charge in [-0.05, 0) is 32.4 Å². The number of piperazine rings is 1. The highest BCUT2D eigenvalue weighted by Crippen LogP contribution is 2.04. The van der Waals surface area contributed by atoms with Crippen LogP contribution in [-0.2, 0) is 0 Å². The van der Waals surface area contributed by atoms with Crippen LogP contribution in [0.15, 0.2) is 0 Å². The molecule has 1 heterocycles. The molecule has 1 aliphatic heterocycles. The molecule has 104 valence electrons. The first kappa shape index (κ1) is 15.4. The third-order valence-electron chi connectivity index (χ3n) is 3.54. The Kier molecular flexibility index (Phi) is 7.99. The number of hydrogen-bond donors (Lipinski definition) is 1. The molecule has 0 amide bonds. The first-order valence-electron chi connectivity index (χ1n) is 7.37. The van der Waals surface area contributed by atoms with Gasteiger partial charge in [-0.1, -0.05) is 13.8 Å². The van der Waals surface area contributed by atoms with E-state index in [-0.39, 0.29) is 6.04 Å². The topological polar surface area (TPSA) is 42.3 Å². The average molecular weight is 252 g/mol. The largest absolute Gasteiger partial charge is 0.302 e. The molecule has 0 radical (unpaired) electrons. The predicted molar refractivity (Wildman–Crippen MR) is 75.5 cm³/mol. The molecular weight excluding hydrogens is 224 g/mol. The normalized spacial score (nSPS) is 19.6. The predicted octanol–water partition coefficient (Wildman–Crippen LogP) is 1.30. The lowest BCUT2D eigenvalue weighted by molar-refractivity contribution is 0.130. The molecule has 1 aliphatic rings. The van der Waals surface area contributed by atoms with Crippen LogP contribution in [0.2, 0.25) is 0 Å². The number of rotatable bonds is 8. The Hall–Kier alpha value is -0.630. The summed E-state index contributed by atoms with van der Waals surface area (Å²) in [5.41, 5.74) is 0. The van der Waals surface area contributed by atoms with Crippen molar-refractivity contribution in [1.82, 2.24) is 15.1 Å². The van der Waals surface area contributed by atoms with Crippen LogP contribution in [0.25, 0.3) is 0 Å². The Labute approximate surface area is 112 Å². The molecule has 1 saturated heterocycles. The lowest BCUT2D eigenvalue weighted by atomic mass is 10.2. The highest BCUT2D eigenvalue weighted by molar-refractivity contribution is 4.90. The average Bonchev–Trinajstić information content (AvgIpc) is 2.41. The fourth-order valence-electron chi connectivity index (χ4n) is 2.40. The maximum atomic E-state index is 9.05. The molecule has 1 fully saturated rings. The van der Waals surface area contributed by atoms with E-state index in [9.17, 15) is 0 Å². The molecule has 4 heteroatoms. The molecule has 0 aromatic rings. The van der Waals surface area contributed by atoms with Crippen LogP contribution in [0.4, 0.5) is 0 Å². The van der Waals surface area contributed by atoms with E-state index in [1.54, 1.807) is 0 Å². The molecule has 1 rings (SSSR count). The third-order valence-corrected chi connectivity index (χ3v) is 3.54. The zero-order valence-corrected chi connectivity index (χ0v) is 12.0. The van der Waals surface area contributed by atoms with Crippen LogP contribution in [0, 0.1) is 11.3 Å². The summed E-state index contributed by atoms with van der Waals surface area (Å²) < 4.78 is 0. The second-order valence-corrected chi connectivity index (χ2v) is 5.11. The van der Waals surface area contributed by atoms with Crippen LogP contribution in [0.1, 0.15) is 33.1 Å². The van der Waals surface area contributed by atoms with Gasteiger partial charge in [0.15, 0.2) is 0 Å². The molecule has 0 spiro atoms. The van der Waals surface area contributed by atoms with Crippen molar-refractivity contribution in [2.45, 2.75) is 39.2 Å². The Balaban J connectivity index is 2.14. The summed E-state index contributed by atoms with van der Waals surface area (Å²) in [5, 5.41) is 12.3. The molecule has 0 aromatic heterocycles. The van der Waals surface area contributed by atoms with Crippen LogP contribution in [-0.4, -0.2) is 61.7 Å². The minimum atomic E-state index is 0.0265. The molecule has 0 saturated carbocycles. The lowest BCUT2D eigenvalue weighted by Crippen LogP contribution is -2.47. The second kappa shape index (κ2) is 9.32. The molecule has 0 bridgehead atoms. The van der Waals surface area contributed by atoms with Gasteiger partial charge < -0.3 is 15.1 Å². The highest BCUT2D eigenvalue weighted by Gasteiger charge is 2.17. The van der Waals surface area contributed by atoms with E-state index >= 15 is 0 Å². The molecule has 0 aromatic carbocycles. The summed E-state index contributed by atoms with van der Waals surface area (Å²) >= 11 is 0. The standard InChI is InChI=1S/C14H28N4/c1-3-6-16-14(13-15)5-8-18-11-9-17(7-4-2)10-12-18/h14,16H,3-12H2,1-2H3. The minimum absolute atomic E-state index is 0.0265. The molecule has 1 unspecified atom stereocenters. The first-order valence-corrected chi connectivity index (χ1v) is 7.37. The fourth-order valence-corrected chi connectivity index (χ4v) is 2.40. The first-order chi connectivity index (χ1) is 8.80. The highest BCUT2D eigenvalue weighted by atomic mass is 15.3. The summed E-state index contributed by atoms with van der Waals surface area (Å²) in [6.07, 6.45) is 3.29. The minimum Gasteiger partial charge on any atom is -0.302 e. The summed E-state index contributed by atoms with van der Waals surface area (Å²) in [6, 6.07) is 2.38. The van der Waals surface area contributed by atoms with Crippen molar-refractivity contribution in [3.8, 4) is 6.07 Å². The van der Waals surface area contributed by atoms with E-state index in [1.807, 2.05) is 0 Å². The lowest BCUT2D eigenvalue weighted by Gasteiger charge is -2.34. The summed E-state index contributed by atoms with van der Waals surface area (Å²) in [4.78, 5) is 5.03. The van der Waals surface area contributed by atoms with Crippen molar-refractivity contribution in [3.05, 3.63) is 0 Å². The molecule has 1 atom stereocenters. The fraction of sp³-hybridized carbons (Fsp3) is 0.929. The van der Waals surface area contributed by atoms with E-state index < -0.39 is 0 Å². The molecule has 0 aliphatic carbocycles. The van der Waals surface area contributed by atoms with Crippen LogP contribution in [0.3, 0.4) is 0 Å². The molecule has 18 heavy (non-hydrogen) atoms. The Bertz CT molecular complexity index is 241. The number of nitrogens with zero attached hydrogens (tertiary/aromatic N) is 3. The van der Waals surface area contributed by atoms with Crippen molar-refractivity contribution in [2.75, 3.05) is 45.8 Å². The van der Waals surface area contributed by atoms with Gasteiger partial charge in [-0.15, -0.1) is 0 Å².